The van der Waals surface area contributed by atoms with E-state index in [-0.39, 0.29) is 40.4 Å². The molecule has 2 heterocycles. The van der Waals surface area contributed by atoms with Crippen molar-refractivity contribution in [2.24, 2.45) is 22.7 Å². The summed E-state index contributed by atoms with van der Waals surface area (Å²) in [6.07, 6.45) is 2.94. The van der Waals surface area contributed by atoms with Crippen molar-refractivity contribution in [3.8, 4) is 0 Å². The van der Waals surface area contributed by atoms with Crippen LogP contribution in [0.2, 0.25) is 0 Å². The Kier molecular flexibility index (Phi) is 7.75. The van der Waals surface area contributed by atoms with Crippen molar-refractivity contribution in [3.63, 3.8) is 0 Å². The minimum absolute atomic E-state index is 0.0323. The molecule has 38 heavy (non-hydrogen) atoms. The van der Waals surface area contributed by atoms with Crippen molar-refractivity contribution in [1.29, 1.82) is 0 Å². The van der Waals surface area contributed by atoms with E-state index in [0.717, 1.165) is 31.2 Å². The highest BCUT2D eigenvalue weighted by molar-refractivity contribution is 5.99. The van der Waals surface area contributed by atoms with Gasteiger partial charge in [-0.3, -0.25) is 19.4 Å². The number of carboxylic acids is 2. The smallest absolute Gasteiger partial charge is 0.321 e. The van der Waals surface area contributed by atoms with Crippen LogP contribution in [0.25, 0.3) is 0 Å². The van der Waals surface area contributed by atoms with Crippen LogP contribution in [-0.2, 0) is 16.0 Å². The van der Waals surface area contributed by atoms with Crippen molar-refractivity contribution >= 4 is 11.9 Å². The topological polar surface area (TPSA) is 81.1 Å². The third kappa shape index (κ3) is 4.81. The van der Waals surface area contributed by atoms with Crippen LogP contribution in [0, 0.1) is 22.7 Å². The molecule has 2 N–H and O–H groups in total. The van der Waals surface area contributed by atoms with Crippen molar-refractivity contribution in [3.05, 3.63) is 35.9 Å². The largest absolute Gasteiger partial charge is 0.480 e. The van der Waals surface area contributed by atoms with E-state index in [2.05, 4.69) is 79.3 Å². The van der Waals surface area contributed by atoms with Crippen LogP contribution >= 0.6 is 0 Å². The van der Waals surface area contributed by atoms with E-state index in [0.29, 0.717) is 0 Å². The van der Waals surface area contributed by atoms with Crippen molar-refractivity contribution in [2.45, 2.75) is 117 Å². The van der Waals surface area contributed by atoms with E-state index in [1.165, 1.54) is 0 Å². The Balaban J connectivity index is 2.35. The molecule has 2 aliphatic heterocycles. The molecule has 0 bridgehead atoms. The van der Waals surface area contributed by atoms with Gasteiger partial charge in [-0.25, -0.2) is 0 Å². The molecule has 0 amide bonds. The van der Waals surface area contributed by atoms with E-state index < -0.39 is 22.8 Å². The minimum Gasteiger partial charge on any atom is -0.480 e. The minimum atomic E-state index is -1.98. The highest BCUT2D eigenvalue weighted by Crippen LogP contribution is 2.63. The maximum atomic E-state index is 13.6. The summed E-state index contributed by atoms with van der Waals surface area (Å²) in [5, 5.41) is 22.2. The quantitative estimate of drug-likeness (QED) is 0.411. The van der Waals surface area contributed by atoms with Gasteiger partial charge in [-0.15, -0.1) is 0 Å². The lowest BCUT2D eigenvalue weighted by Gasteiger charge is -2.64. The molecule has 2 fully saturated rings. The van der Waals surface area contributed by atoms with Crippen LogP contribution < -0.4 is 0 Å². The first-order valence-electron chi connectivity index (χ1n) is 14.1. The van der Waals surface area contributed by atoms with E-state index in [1.54, 1.807) is 0 Å². The van der Waals surface area contributed by atoms with Gasteiger partial charge in [0.05, 0.1) is 0 Å². The lowest BCUT2D eigenvalue weighted by molar-refractivity contribution is -0.202. The lowest BCUT2D eigenvalue weighted by Crippen LogP contribution is -2.69. The van der Waals surface area contributed by atoms with Gasteiger partial charge in [0.2, 0.25) is 0 Å². The summed E-state index contributed by atoms with van der Waals surface area (Å²) < 4.78 is 0. The average Bonchev–Trinajstić information content (AvgIpc) is 2.78. The summed E-state index contributed by atoms with van der Waals surface area (Å²) in [5.41, 5.74) is -3.07. The fourth-order valence-corrected chi connectivity index (χ4v) is 8.42. The molecule has 6 heteroatoms. The van der Waals surface area contributed by atoms with Gasteiger partial charge in [-0.05, 0) is 119 Å². The molecular formula is C32H52N2O4. The Hall–Kier alpha value is -1.92. The highest BCUT2D eigenvalue weighted by atomic mass is 16.4. The van der Waals surface area contributed by atoms with Crippen LogP contribution in [-0.4, -0.2) is 68.2 Å². The Morgan fingerprint density at radius 1 is 0.737 bits per heavy atom. The predicted molar refractivity (Wildman–Crippen MR) is 153 cm³/mol. The molecule has 2 aliphatic rings. The van der Waals surface area contributed by atoms with Gasteiger partial charge >= 0.3 is 11.9 Å². The van der Waals surface area contributed by atoms with Crippen molar-refractivity contribution < 1.29 is 19.8 Å². The Morgan fingerprint density at radius 2 is 1.05 bits per heavy atom. The third-order valence-corrected chi connectivity index (χ3v) is 11.3. The molecular weight excluding hydrogens is 476 g/mol. The number of carbonyl (C=O) groups is 2. The first-order valence-corrected chi connectivity index (χ1v) is 14.1. The number of benzene rings is 1. The molecule has 1 aromatic rings. The second-order valence-electron chi connectivity index (χ2n) is 15.0. The molecule has 3 rings (SSSR count). The summed E-state index contributed by atoms with van der Waals surface area (Å²) in [6.45, 7) is 19.7. The summed E-state index contributed by atoms with van der Waals surface area (Å²) in [4.78, 5) is 31.9. The zero-order chi connectivity index (χ0) is 29.1. The zero-order valence-electron chi connectivity index (χ0n) is 25.7. The second kappa shape index (κ2) is 9.62. The van der Waals surface area contributed by atoms with Gasteiger partial charge < -0.3 is 10.2 Å². The van der Waals surface area contributed by atoms with Gasteiger partial charge in [0, 0.05) is 27.6 Å². The van der Waals surface area contributed by atoms with Gasteiger partial charge in [0.25, 0.3) is 0 Å². The predicted octanol–water partition coefficient (Wildman–Crippen LogP) is 6.19. The van der Waals surface area contributed by atoms with Crippen LogP contribution in [0.3, 0.4) is 0 Å². The average molecular weight is 529 g/mol. The summed E-state index contributed by atoms with van der Waals surface area (Å²) >= 11 is 0. The monoisotopic (exact) mass is 528 g/mol. The molecule has 1 aromatic carbocycles. The fourth-order valence-electron chi connectivity index (χ4n) is 8.42. The summed E-state index contributed by atoms with van der Waals surface area (Å²) in [6, 6.07) is 9.35. The number of rotatable bonds is 7. The van der Waals surface area contributed by atoms with E-state index in [9.17, 15) is 19.8 Å². The highest BCUT2D eigenvalue weighted by Gasteiger charge is 2.68. The fraction of sp³-hybridized carbons (Fsp3) is 0.750. The van der Waals surface area contributed by atoms with E-state index in [1.807, 2.05) is 37.3 Å². The van der Waals surface area contributed by atoms with Crippen LogP contribution in [0.4, 0.5) is 0 Å². The number of carboxylic acid groups (broad SMARTS) is 2. The number of likely N-dealkylation sites (tertiary alicyclic amines) is 2. The molecule has 0 spiro atoms. The SMILES string of the molecule is CN1C(C)(C)CC(C(C)(C2CC(C)(C)N(C)C(C)(C)C2)C(Cc2ccccc2)(C(=O)O)C(=O)O)CC1(C)C. The second-order valence-corrected chi connectivity index (χ2v) is 15.0. The maximum absolute atomic E-state index is 13.6. The molecule has 6 nitrogen and oxygen atoms in total. The van der Waals surface area contributed by atoms with E-state index in [4.69, 9.17) is 0 Å². The van der Waals surface area contributed by atoms with Crippen LogP contribution in [0.1, 0.15) is 93.6 Å². The molecule has 0 atom stereocenters. The first-order chi connectivity index (χ1) is 17.1. The Labute approximate surface area is 230 Å². The third-order valence-electron chi connectivity index (χ3n) is 11.3. The van der Waals surface area contributed by atoms with Crippen molar-refractivity contribution in [1.82, 2.24) is 9.80 Å². The van der Waals surface area contributed by atoms with Crippen molar-refractivity contribution in [2.75, 3.05) is 14.1 Å². The molecule has 0 radical (unpaired) electrons. The number of hydrogen-bond donors (Lipinski definition) is 2. The lowest BCUT2D eigenvalue weighted by atomic mass is 9.44. The number of aliphatic carboxylic acids is 2. The van der Waals surface area contributed by atoms with Crippen LogP contribution in [0.5, 0.6) is 0 Å². The molecule has 0 saturated carbocycles. The number of piperidine rings is 2. The van der Waals surface area contributed by atoms with Gasteiger partial charge in [0.1, 0.15) is 0 Å². The van der Waals surface area contributed by atoms with Gasteiger partial charge in [-0.1, -0.05) is 37.3 Å². The molecule has 0 aromatic heterocycles. The Bertz CT molecular complexity index is 951. The maximum Gasteiger partial charge on any atom is 0.321 e. The number of nitrogens with zero attached hydrogens (tertiary/aromatic N) is 2. The summed E-state index contributed by atoms with van der Waals surface area (Å²) in [5.74, 6) is -2.64. The Morgan fingerprint density at radius 3 is 1.34 bits per heavy atom. The standard InChI is InChI=1S/C32H52N2O4/c1-27(2)18-23(19-28(3,4)33(27)10)31(9,24-20-29(5,6)34(11)30(7,8)21-24)32(25(35)36,26(37)38)17-22-15-13-12-14-16-22/h12-16,23-24H,17-21H2,1-11H3,(H,35,36)(H,37,38). The molecule has 0 unspecified atom stereocenters. The van der Waals surface area contributed by atoms with Crippen LogP contribution in [0.15, 0.2) is 30.3 Å². The summed E-state index contributed by atoms with van der Waals surface area (Å²) in [7, 11) is 4.28. The number of hydrogen-bond acceptors (Lipinski definition) is 4. The van der Waals surface area contributed by atoms with Gasteiger partial charge in [-0.2, -0.15) is 0 Å². The normalized spacial score (nSPS) is 24.7. The van der Waals surface area contributed by atoms with Gasteiger partial charge in [0.15, 0.2) is 5.41 Å². The first kappa shape index (κ1) is 30.6. The molecule has 2 saturated heterocycles. The zero-order valence-corrected chi connectivity index (χ0v) is 25.7. The molecule has 0 aliphatic carbocycles. The van der Waals surface area contributed by atoms with E-state index >= 15 is 0 Å². The molecule has 214 valence electrons.